The number of nitrogens with two attached hydrogens (primary N) is 1. The highest BCUT2D eigenvalue weighted by Crippen LogP contribution is 2.12. The number of ether oxygens (including phenoxy) is 1. The summed E-state index contributed by atoms with van der Waals surface area (Å²) in [6.07, 6.45) is 0. The summed E-state index contributed by atoms with van der Waals surface area (Å²) in [4.78, 5) is 11.5. The van der Waals surface area contributed by atoms with Gasteiger partial charge in [-0.25, -0.2) is 8.42 Å². The largest absolute Gasteiger partial charge is 0.378 e. The van der Waals surface area contributed by atoms with E-state index >= 15 is 0 Å². The van der Waals surface area contributed by atoms with E-state index in [2.05, 4.69) is 5.32 Å². The van der Waals surface area contributed by atoms with Crippen molar-refractivity contribution in [2.24, 2.45) is 5.73 Å². The second kappa shape index (κ2) is 5.58. The Kier molecular flexibility index (Phi) is 4.66. The molecule has 0 aromatic carbocycles. The monoisotopic (exact) mass is 251 g/mol. The van der Waals surface area contributed by atoms with Crippen molar-refractivity contribution < 1.29 is 17.9 Å². The van der Waals surface area contributed by atoms with Gasteiger partial charge in [-0.05, 0) is 0 Å². The van der Waals surface area contributed by atoms with Crippen molar-refractivity contribution in [3.8, 4) is 0 Å². The van der Waals surface area contributed by atoms with E-state index in [1.54, 1.807) is 0 Å². The molecule has 0 radical (unpaired) electrons. The van der Waals surface area contributed by atoms with Crippen LogP contribution >= 0.6 is 0 Å². The maximum atomic E-state index is 11.8. The average Bonchev–Trinajstić information content (AvgIpc) is 2.28. The maximum absolute atomic E-state index is 11.8. The van der Waals surface area contributed by atoms with Gasteiger partial charge in [0.2, 0.25) is 15.9 Å². The predicted molar refractivity (Wildman–Crippen MR) is 58.2 cm³/mol. The van der Waals surface area contributed by atoms with Crippen LogP contribution in [0.2, 0.25) is 0 Å². The molecule has 8 heteroatoms. The van der Waals surface area contributed by atoms with E-state index < -0.39 is 16.1 Å². The van der Waals surface area contributed by atoms with Crippen LogP contribution in [0.15, 0.2) is 0 Å². The van der Waals surface area contributed by atoms with E-state index in [-0.39, 0.29) is 31.4 Å². The maximum Gasteiger partial charge on any atom is 0.240 e. The molecule has 1 heterocycles. The number of carbonyl (C=O) groups excluding carboxylic acids is 1. The molecule has 1 atom stereocenters. The molecular formula is C8H17N3O4S. The topological polar surface area (TPSA) is 102 Å². The minimum Gasteiger partial charge on any atom is -0.378 e. The number of nitrogens with zero attached hydrogens (tertiary/aromatic N) is 1. The van der Waals surface area contributed by atoms with Gasteiger partial charge >= 0.3 is 0 Å². The smallest absolute Gasteiger partial charge is 0.240 e. The Labute approximate surface area is 95.0 Å². The first kappa shape index (κ1) is 13.4. The summed E-state index contributed by atoms with van der Waals surface area (Å²) in [5, 5.41) is 2.42. The normalized spacial score (nSPS) is 23.0. The molecular weight excluding hydrogens is 234 g/mol. The fourth-order valence-electron chi connectivity index (χ4n) is 1.56. The highest BCUT2D eigenvalue weighted by atomic mass is 32.2. The lowest BCUT2D eigenvalue weighted by molar-refractivity contribution is -0.128. The van der Waals surface area contributed by atoms with Crippen LogP contribution in [0.4, 0.5) is 0 Å². The predicted octanol–water partition coefficient (Wildman–Crippen LogP) is -2.28. The summed E-state index contributed by atoms with van der Waals surface area (Å²) in [6.45, 7) is 0.626. The van der Waals surface area contributed by atoms with E-state index in [0.29, 0.717) is 6.61 Å². The van der Waals surface area contributed by atoms with Crippen LogP contribution in [0.1, 0.15) is 0 Å². The van der Waals surface area contributed by atoms with Crippen molar-refractivity contribution in [3.63, 3.8) is 0 Å². The van der Waals surface area contributed by atoms with Crippen molar-refractivity contribution in [1.82, 2.24) is 9.62 Å². The Morgan fingerprint density at radius 1 is 1.62 bits per heavy atom. The number of nitrogens with one attached hydrogen (secondary N) is 1. The summed E-state index contributed by atoms with van der Waals surface area (Å²) in [6, 6.07) is -0.782. The Hall–Kier alpha value is -0.700. The lowest BCUT2D eigenvalue weighted by Gasteiger charge is -2.33. The molecule has 1 aliphatic heterocycles. The van der Waals surface area contributed by atoms with Crippen molar-refractivity contribution in [3.05, 3.63) is 0 Å². The van der Waals surface area contributed by atoms with Crippen molar-refractivity contribution in [2.75, 3.05) is 39.1 Å². The van der Waals surface area contributed by atoms with Crippen molar-refractivity contribution in [2.45, 2.75) is 6.04 Å². The van der Waals surface area contributed by atoms with E-state index in [1.165, 1.54) is 11.4 Å². The average molecular weight is 251 g/mol. The molecule has 7 nitrogen and oxygen atoms in total. The summed E-state index contributed by atoms with van der Waals surface area (Å²) in [5.74, 6) is -0.513. The number of morpholine rings is 1. The van der Waals surface area contributed by atoms with Gasteiger partial charge in [0.1, 0.15) is 6.04 Å². The molecule has 16 heavy (non-hydrogen) atoms. The molecule has 1 saturated heterocycles. The van der Waals surface area contributed by atoms with Crippen LogP contribution in [-0.2, 0) is 19.6 Å². The zero-order chi connectivity index (χ0) is 12.2. The Balaban J connectivity index is 2.86. The summed E-state index contributed by atoms with van der Waals surface area (Å²) in [7, 11) is -2.01. The molecule has 3 N–H and O–H groups in total. The van der Waals surface area contributed by atoms with Crippen LogP contribution in [0.3, 0.4) is 0 Å². The Morgan fingerprint density at radius 2 is 2.31 bits per heavy atom. The van der Waals surface area contributed by atoms with Crippen LogP contribution < -0.4 is 11.1 Å². The third-order valence-electron chi connectivity index (χ3n) is 2.36. The third-order valence-corrected chi connectivity index (χ3v) is 4.26. The lowest BCUT2D eigenvalue weighted by atomic mass is 10.2. The quantitative estimate of drug-likeness (QED) is 0.586. The van der Waals surface area contributed by atoms with Gasteiger partial charge in [0.05, 0.1) is 19.0 Å². The van der Waals surface area contributed by atoms with Gasteiger partial charge in [-0.2, -0.15) is 4.31 Å². The van der Waals surface area contributed by atoms with Gasteiger partial charge in [0.25, 0.3) is 0 Å². The van der Waals surface area contributed by atoms with Gasteiger partial charge in [-0.1, -0.05) is 0 Å². The molecule has 1 amide bonds. The molecule has 0 saturated carbocycles. The van der Waals surface area contributed by atoms with Gasteiger partial charge in [0, 0.05) is 20.1 Å². The fourth-order valence-corrected chi connectivity index (χ4v) is 2.99. The van der Waals surface area contributed by atoms with Crippen molar-refractivity contribution >= 4 is 15.9 Å². The first-order valence-corrected chi connectivity index (χ1v) is 6.62. The van der Waals surface area contributed by atoms with E-state index in [1.807, 2.05) is 0 Å². The number of likely N-dealkylation sites (N-methyl/N-ethyl adjacent to an activating group) is 1. The number of rotatable bonds is 4. The van der Waals surface area contributed by atoms with Gasteiger partial charge < -0.3 is 15.8 Å². The lowest BCUT2D eigenvalue weighted by Crippen LogP contribution is -2.56. The highest BCUT2D eigenvalue weighted by molar-refractivity contribution is 7.89. The van der Waals surface area contributed by atoms with Gasteiger partial charge in [-0.15, -0.1) is 0 Å². The molecule has 0 bridgehead atoms. The van der Waals surface area contributed by atoms with Crippen LogP contribution in [-0.4, -0.2) is 63.8 Å². The van der Waals surface area contributed by atoms with Gasteiger partial charge in [-0.3, -0.25) is 4.79 Å². The standard InChI is InChI=1S/C8H17N3O4S/c1-10-8(12)7-6-15-4-3-11(7)16(13,14)5-2-9/h7H,2-6,9H2,1H3,(H,10,12). The Bertz CT molecular complexity index is 343. The highest BCUT2D eigenvalue weighted by Gasteiger charge is 2.36. The van der Waals surface area contributed by atoms with E-state index in [4.69, 9.17) is 10.5 Å². The first-order chi connectivity index (χ1) is 7.53. The molecule has 0 spiro atoms. The number of hydrogen-bond donors (Lipinski definition) is 2. The number of sulfonamides is 1. The van der Waals surface area contributed by atoms with Gasteiger partial charge in [0.15, 0.2) is 0 Å². The SMILES string of the molecule is CNC(=O)C1COCCN1S(=O)(=O)CCN. The number of hydrogen-bond acceptors (Lipinski definition) is 5. The zero-order valence-electron chi connectivity index (χ0n) is 9.18. The molecule has 0 aromatic heterocycles. The molecule has 94 valence electrons. The molecule has 1 fully saturated rings. The zero-order valence-corrected chi connectivity index (χ0v) is 10.00. The first-order valence-electron chi connectivity index (χ1n) is 5.02. The summed E-state index contributed by atoms with van der Waals surface area (Å²) in [5.41, 5.74) is 5.24. The molecule has 1 aliphatic rings. The molecule has 1 unspecified atom stereocenters. The second-order valence-corrected chi connectivity index (χ2v) is 5.46. The summed E-state index contributed by atoms with van der Waals surface area (Å²) >= 11 is 0. The summed E-state index contributed by atoms with van der Waals surface area (Å²) < 4.78 is 29.9. The van der Waals surface area contributed by atoms with E-state index in [9.17, 15) is 13.2 Å². The molecule has 0 aliphatic carbocycles. The van der Waals surface area contributed by atoms with Crippen LogP contribution in [0.25, 0.3) is 0 Å². The molecule has 0 aromatic rings. The third kappa shape index (κ3) is 2.91. The number of carbonyl (C=O) groups is 1. The second-order valence-electron chi connectivity index (χ2n) is 3.42. The van der Waals surface area contributed by atoms with Crippen LogP contribution in [0, 0.1) is 0 Å². The minimum atomic E-state index is -3.47. The minimum absolute atomic E-state index is 0.0418. The number of amides is 1. The van der Waals surface area contributed by atoms with Crippen LogP contribution in [0.5, 0.6) is 0 Å². The van der Waals surface area contributed by atoms with E-state index in [0.717, 1.165) is 0 Å². The fraction of sp³-hybridized carbons (Fsp3) is 0.875. The Morgan fingerprint density at radius 3 is 2.88 bits per heavy atom. The molecule has 1 rings (SSSR count). The van der Waals surface area contributed by atoms with Crippen molar-refractivity contribution in [1.29, 1.82) is 0 Å².